The van der Waals surface area contributed by atoms with Gasteiger partial charge in [-0.2, -0.15) is 0 Å². The van der Waals surface area contributed by atoms with Gasteiger partial charge in [0.2, 0.25) is 0 Å². The fourth-order valence-electron chi connectivity index (χ4n) is 1.11. The van der Waals surface area contributed by atoms with Crippen LogP contribution in [0.3, 0.4) is 0 Å². The SMILES string of the molecule is CC(C)Sc1ccc(/C=C/C(N)=S)cc1. The smallest absolute Gasteiger partial charge is 0.0962 e. The van der Waals surface area contributed by atoms with Crippen molar-refractivity contribution in [3.63, 3.8) is 0 Å². The van der Waals surface area contributed by atoms with Crippen LogP contribution < -0.4 is 5.73 Å². The minimum absolute atomic E-state index is 0.413. The van der Waals surface area contributed by atoms with Crippen molar-refractivity contribution in [2.45, 2.75) is 24.0 Å². The molecule has 0 spiro atoms. The molecule has 0 atom stereocenters. The topological polar surface area (TPSA) is 26.0 Å². The molecule has 1 aromatic carbocycles. The van der Waals surface area contributed by atoms with Gasteiger partial charge >= 0.3 is 0 Å². The van der Waals surface area contributed by atoms with Gasteiger partial charge in [0.1, 0.15) is 0 Å². The van der Waals surface area contributed by atoms with E-state index in [0.717, 1.165) is 5.56 Å². The molecule has 15 heavy (non-hydrogen) atoms. The predicted molar refractivity (Wildman–Crippen MR) is 73.3 cm³/mol. The number of hydrogen-bond donors (Lipinski definition) is 1. The normalized spacial score (nSPS) is 11.1. The molecule has 0 amide bonds. The fourth-order valence-corrected chi connectivity index (χ4v) is 2.01. The molecule has 1 aromatic rings. The Kier molecular flexibility index (Phi) is 4.85. The number of benzene rings is 1. The van der Waals surface area contributed by atoms with Crippen LogP contribution in [0.15, 0.2) is 35.2 Å². The van der Waals surface area contributed by atoms with E-state index in [1.807, 2.05) is 17.8 Å². The maximum atomic E-state index is 5.38. The maximum absolute atomic E-state index is 5.38. The van der Waals surface area contributed by atoms with Gasteiger partial charge in [0.25, 0.3) is 0 Å². The summed E-state index contributed by atoms with van der Waals surface area (Å²) in [4.78, 5) is 1.70. The number of nitrogens with two attached hydrogens (primary N) is 1. The van der Waals surface area contributed by atoms with Crippen molar-refractivity contribution in [3.05, 3.63) is 35.9 Å². The highest BCUT2D eigenvalue weighted by molar-refractivity contribution is 7.99. The predicted octanol–water partition coefficient (Wildman–Crippen LogP) is 3.49. The molecule has 0 bridgehead atoms. The summed E-state index contributed by atoms with van der Waals surface area (Å²) < 4.78 is 0. The lowest BCUT2D eigenvalue weighted by Crippen LogP contribution is -2.01. The van der Waals surface area contributed by atoms with Crippen LogP contribution in [0, 0.1) is 0 Å². The molecule has 0 fully saturated rings. The van der Waals surface area contributed by atoms with E-state index in [0.29, 0.717) is 10.2 Å². The third-order valence-corrected chi connectivity index (χ3v) is 2.84. The van der Waals surface area contributed by atoms with E-state index in [1.165, 1.54) is 4.90 Å². The highest BCUT2D eigenvalue weighted by Gasteiger charge is 1.97. The molecule has 0 heterocycles. The summed E-state index contributed by atoms with van der Waals surface area (Å²) in [5.41, 5.74) is 6.50. The molecule has 0 unspecified atom stereocenters. The molecule has 0 aliphatic rings. The molecule has 0 saturated heterocycles. The van der Waals surface area contributed by atoms with Gasteiger partial charge in [-0.25, -0.2) is 0 Å². The van der Waals surface area contributed by atoms with E-state index >= 15 is 0 Å². The lowest BCUT2D eigenvalue weighted by Gasteiger charge is -2.04. The zero-order valence-corrected chi connectivity index (χ0v) is 10.6. The third kappa shape index (κ3) is 5.00. The van der Waals surface area contributed by atoms with Crippen molar-refractivity contribution in [1.29, 1.82) is 0 Å². The highest BCUT2D eigenvalue weighted by Crippen LogP contribution is 2.23. The minimum atomic E-state index is 0.413. The van der Waals surface area contributed by atoms with Gasteiger partial charge in [-0.1, -0.05) is 44.3 Å². The van der Waals surface area contributed by atoms with Gasteiger partial charge < -0.3 is 5.73 Å². The lowest BCUT2D eigenvalue weighted by molar-refractivity contribution is 1.11. The van der Waals surface area contributed by atoms with E-state index in [9.17, 15) is 0 Å². The number of thioether (sulfide) groups is 1. The van der Waals surface area contributed by atoms with Crippen LogP contribution in [0.1, 0.15) is 19.4 Å². The minimum Gasteiger partial charge on any atom is -0.390 e. The molecule has 0 radical (unpaired) electrons. The van der Waals surface area contributed by atoms with E-state index < -0.39 is 0 Å². The van der Waals surface area contributed by atoms with Gasteiger partial charge in [-0.3, -0.25) is 0 Å². The monoisotopic (exact) mass is 237 g/mol. The van der Waals surface area contributed by atoms with E-state index in [2.05, 4.69) is 38.1 Å². The summed E-state index contributed by atoms with van der Waals surface area (Å²) in [5, 5.41) is 0.614. The summed E-state index contributed by atoms with van der Waals surface area (Å²) in [5.74, 6) is 0. The van der Waals surface area contributed by atoms with E-state index in [4.69, 9.17) is 18.0 Å². The van der Waals surface area contributed by atoms with E-state index in [1.54, 1.807) is 6.08 Å². The molecule has 0 aliphatic carbocycles. The first-order valence-corrected chi connectivity index (χ1v) is 6.11. The largest absolute Gasteiger partial charge is 0.390 e. The van der Waals surface area contributed by atoms with E-state index in [-0.39, 0.29) is 0 Å². The average Bonchev–Trinajstić information content (AvgIpc) is 2.16. The molecule has 1 nitrogen and oxygen atoms in total. The highest BCUT2D eigenvalue weighted by atomic mass is 32.2. The fraction of sp³-hybridized carbons (Fsp3) is 0.250. The van der Waals surface area contributed by atoms with Gasteiger partial charge in [-0.15, -0.1) is 11.8 Å². The first kappa shape index (κ1) is 12.3. The Morgan fingerprint density at radius 3 is 2.40 bits per heavy atom. The van der Waals surface area contributed by atoms with Crippen molar-refractivity contribution in [2.24, 2.45) is 5.73 Å². The van der Waals surface area contributed by atoms with Crippen LogP contribution >= 0.6 is 24.0 Å². The molecule has 3 heteroatoms. The second-order valence-corrected chi connectivity index (χ2v) is 5.59. The molecule has 0 aliphatic heterocycles. The molecule has 2 N–H and O–H groups in total. The molecular weight excluding hydrogens is 222 g/mol. The maximum Gasteiger partial charge on any atom is 0.0962 e. The Bertz CT molecular complexity index is 352. The summed E-state index contributed by atoms with van der Waals surface area (Å²) in [7, 11) is 0. The van der Waals surface area contributed by atoms with Crippen LogP contribution in [0.2, 0.25) is 0 Å². The van der Waals surface area contributed by atoms with Gasteiger partial charge in [0.15, 0.2) is 0 Å². The van der Waals surface area contributed by atoms with Crippen LogP contribution in [-0.2, 0) is 0 Å². The number of hydrogen-bond acceptors (Lipinski definition) is 2. The first-order chi connectivity index (χ1) is 7.08. The van der Waals surface area contributed by atoms with Gasteiger partial charge in [0.05, 0.1) is 4.99 Å². The standard InChI is InChI=1S/C12H15NS2/c1-9(2)15-11-6-3-10(4-7-11)5-8-12(13)14/h3-9H,1-2H3,(H2,13,14)/b8-5+. The summed E-state index contributed by atoms with van der Waals surface area (Å²) in [6.07, 6.45) is 3.66. The van der Waals surface area contributed by atoms with Crippen molar-refractivity contribution in [1.82, 2.24) is 0 Å². The quantitative estimate of drug-likeness (QED) is 0.493. The van der Waals surface area contributed by atoms with Crippen molar-refractivity contribution >= 4 is 35.0 Å². The Morgan fingerprint density at radius 1 is 1.33 bits per heavy atom. The summed E-state index contributed by atoms with van der Waals surface area (Å²) in [6, 6.07) is 8.37. The van der Waals surface area contributed by atoms with Crippen LogP contribution in [-0.4, -0.2) is 10.2 Å². The molecule has 80 valence electrons. The summed E-state index contributed by atoms with van der Waals surface area (Å²) in [6.45, 7) is 4.37. The Labute approximate surface area is 101 Å². The zero-order valence-electron chi connectivity index (χ0n) is 8.94. The Balaban J connectivity index is 2.68. The van der Waals surface area contributed by atoms with Crippen LogP contribution in [0.4, 0.5) is 0 Å². The van der Waals surface area contributed by atoms with Crippen molar-refractivity contribution < 1.29 is 0 Å². The second kappa shape index (κ2) is 5.93. The first-order valence-electron chi connectivity index (χ1n) is 4.82. The Morgan fingerprint density at radius 2 is 1.93 bits per heavy atom. The van der Waals surface area contributed by atoms with Crippen molar-refractivity contribution in [3.8, 4) is 0 Å². The average molecular weight is 237 g/mol. The van der Waals surface area contributed by atoms with Gasteiger partial charge in [-0.05, 0) is 23.8 Å². The van der Waals surface area contributed by atoms with Gasteiger partial charge in [0, 0.05) is 10.1 Å². The third-order valence-electron chi connectivity index (χ3n) is 1.69. The molecule has 1 rings (SSSR count). The molecule has 0 aromatic heterocycles. The van der Waals surface area contributed by atoms with Crippen LogP contribution in [0.5, 0.6) is 0 Å². The number of rotatable bonds is 4. The Hall–Kier alpha value is -0.800. The zero-order chi connectivity index (χ0) is 11.3. The summed E-state index contributed by atoms with van der Waals surface area (Å²) >= 11 is 6.62. The molecular formula is C12H15NS2. The number of thiocarbonyl (C=S) groups is 1. The second-order valence-electron chi connectivity index (χ2n) is 3.47. The lowest BCUT2D eigenvalue weighted by atomic mass is 10.2. The van der Waals surface area contributed by atoms with Crippen molar-refractivity contribution in [2.75, 3.05) is 0 Å². The molecule has 0 saturated carbocycles. The van der Waals surface area contributed by atoms with Crippen LogP contribution in [0.25, 0.3) is 6.08 Å².